The van der Waals surface area contributed by atoms with E-state index in [-0.39, 0.29) is 0 Å². The molecule has 0 spiro atoms. The van der Waals surface area contributed by atoms with Crippen LogP contribution >= 0.6 is 0 Å². The van der Waals surface area contributed by atoms with Crippen LogP contribution in [0.3, 0.4) is 0 Å². The Bertz CT molecular complexity index is 548. The summed E-state index contributed by atoms with van der Waals surface area (Å²) in [5.74, 6) is 0.813. The summed E-state index contributed by atoms with van der Waals surface area (Å²) in [5.41, 5.74) is 8.34. The van der Waals surface area contributed by atoms with Gasteiger partial charge in [-0.2, -0.15) is 0 Å². The van der Waals surface area contributed by atoms with Crippen LogP contribution in [0.2, 0.25) is 0 Å². The third kappa shape index (κ3) is 3.42. The molecule has 1 aromatic carbocycles. The van der Waals surface area contributed by atoms with Gasteiger partial charge in [0, 0.05) is 6.54 Å². The molecular formula is C14H18N4O. The summed E-state index contributed by atoms with van der Waals surface area (Å²) >= 11 is 0. The number of benzene rings is 1. The second kappa shape index (κ2) is 6.15. The van der Waals surface area contributed by atoms with Gasteiger partial charge in [-0.1, -0.05) is 35.6 Å². The van der Waals surface area contributed by atoms with Crippen LogP contribution in [-0.2, 0) is 19.7 Å². The molecule has 0 saturated heterocycles. The molecule has 0 aliphatic heterocycles. The first kappa shape index (κ1) is 13.3. The molecule has 2 aromatic rings. The average Bonchev–Trinajstić information content (AvgIpc) is 2.79. The van der Waals surface area contributed by atoms with Crippen LogP contribution in [0.1, 0.15) is 18.3 Å². The van der Waals surface area contributed by atoms with E-state index in [9.17, 15) is 0 Å². The van der Waals surface area contributed by atoms with E-state index in [1.165, 1.54) is 0 Å². The first-order valence-electron chi connectivity index (χ1n) is 6.14. The van der Waals surface area contributed by atoms with Crippen molar-refractivity contribution in [3.63, 3.8) is 0 Å². The Balaban J connectivity index is 2.13. The number of aromatic nitrogens is 3. The lowest BCUT2D eigenvalue weighted by Crippen LogP contribution is -2.11. The van der Waals surface area contributed by atoms with Gasteiger partial charge in [0.1, 0.15) is 23.7 Å². The molecule has 0 fully saturated rings. The molecule has 0 radical (unpaired) electrons. The van der Waals surface area contributed by atoms with Gasteiger partial charge < -0.3 is 10.5 Å². The van der Waals surface area contributed by atoms with E-state index in [0.717, 1.165) is 22.7 Å². The second-order valence-electron chi connectivity index (χ2n) is 4.40. The summed E-state index contributed by atoms with van der Waals surface area (Å²) in [6.45, 7) is 7.21. The normalized spacial score (nSPS) is 10.4. The van der Waals surface area contributed by atoms with Crippen molar-refractivity contribution in [1.29, 1.82) is 0 Å². The standard InChI is InChI=1S/C14H18N4O/c1-11(2)9-18-14(13(8-15)16-17-18)10-19-12-6-4-3-5-7-12/h3-7H,1,8-10,15H2,2H3. The van der Waals surface area contributed by atoms with E-state index in [4.69, 9.17) is 10.5 Å². The van der Waals surface area contributed by atoms with E-state index in [1.54, 1.807) is 4.68 Å². The zero-order chi connectivity index (χ0) is 13.7. The summed E-state index contributed by atoms with van der Waals surface area (Å²) in [6.07, 6.45) is 0. The number of hydrogen-bond donors (Lipinski definition) is 1. The van der Waals surface area contributed by atoms with Crippen LogP contribution < -0.4 is 10.5 Å². The highest BCUT2D eigenvalue weighted by Gasteiger charge is 2.12. The molecule has 0 aliphatic carbocycles. The van der Waals surface area contributed by atoms with Gasteiger partial charge >= 0.3 is 0 Å². The highest BCUT2D eigenvalue weighted by atomic mass is 16.5. The van der Waals surface area contributed by atoms with Crippen molar-refractivity contribution in [2.45, 2.75) is 26.6 Å². The van der Waals surface area contributed by atoms with Gasteiger partial charge in [0.25, 0.3) is 0 Å². The van der Waals surface area contributed by atoms with Gasteiger partial charge in [0.15, 0.2) is 0 Å². The monoisotopic (exact) mass is 258 g/mol. The molecule has 5 heteroatoms. The number of nitrogens with zero attached hydrogens (tertiary/aromatic N) is 3. The molecule has 0 bridgehead atoms. The average molecular weight is 258 g/mol. The molecule has 1 aromatic heterocycles. The third-order valence-corrected chi connectivity index (χ3v) is 2.65. The minimum atomic E-state index is 0.351. The van der Waals surface area contributed by atoms with Gasteiger partial charge in [0.05, 0.1) is 6.54 Å². The van der Waals surface area contributed by atoms with Gasteiger partial charge in [-0.25, -0.2) is 4.68 Å². The smallest absolute Gasteiger partial charge is 0.132 e. The molecular weight excluding hydrogens is 240 g/mol. The van der Waals surface area contributed by atoms with E-state index < -0.39 is 0 Å². The molecule has 2 N–H and O–H groups in total. The van der Waals surface area contributed by atoms with E-state index in [0.29, 0.717) is 19.7 Å². The summed E-state index contributed by atoms with van der Waals surface area (Å²) in [4.78, 5) is 0. The van der Waals surface area contributed by atoms with Gasteiger partial charge in [0.2, 0.25) is 0 Å². The van der Waals surface area contributed by atoms with Crippen molar-refractivity contribution < 1.29 is 4.74 Å². The lowest BCUT2D eigenvalue weighted by atomic mass is 10.3. The maximum atomic E-state index is 5.73. The van der Waals surface area contributed by atoms with Crippen molar-refractivity contribution in [1.82, 2.24) is 15.0 Å². The Kier molecular flexibility index (Phi) is 4.30. The number of ether oxygens (including phenoxy) is 1. The minimum Gasteiger partial charge on any atom is -0.487 e. The Morgan fingerprint density at radius 2 is 2.11 bits per heavy atom. The van der Waals surface area contributed by atoms with Gasteiger partial charge in [-0.3, -0.25) is 0 Å². The van der Waals surface area contributed by atoms with Crippen molar-refractivity contribution in [2.24, 2.45) is 5.73 Å². The fraction of sp³-hybridized carbons (Fsp3) is 0.286. The van der Waals surface area contributed by atoms with Crippen molar-refractivity contribution >= 4 is 0 Å². The number of rotatable bonds is 6. The van der Waals surface area contributed by atoms with Crippen LogP contribution in [0, 0.1) is 0 Å². The summed E-state index contributed by atoms with van der Waals surface area (Å²) in [7, 11) is 0. The van der Waals surface area contributed by atoms with Crippen LogP contribution in [0.4, 0.5) is 0 Å². The fourth-order valence-electron chi connectivity index (χ4n) is 1.74. The lowest BCUT2D eigenvalue weighted by Gasteiger charge is -2.09. The Labute approximate surface area is 112 Å². The van der Waals surface area contributed by atoms with Gasteiger partial charge in [-0.05, 0) is 19.1 Å². The summed E-state index contributed by atoms with van der Waals surface area (Å²) < 4.78 is 7.51. The quantitative estimate of drug-likeness (QED) is 0.803. The lowest BCUT2D eigenvalue weighted by molar-refractivity contribution is 0.292. The number of para-hydroxylation sites is 1. The van der Waals surface area contributed by atoms with E-state index >= 15 is 0 Å². The zero-order valence-electron chi connectivity index (χ0n) is 11.0. The van der Waals surface area contributed by atoms with Gasteiger partial charge in [-0.15, -0.1) is 5.10 Å². The van der Waals surface area contributed by atoms with E-state index in [2.05, 4.69) is 16.9 Å². The van der Waals surface area contributed by atoms with Crippen molar-refractivity contribution in [2.75, 3.05) is 0 Å². The molecule has 19 heavy (non-hydrogen) atoms. The molecule has 0 saturated carbocycles. The number of allylic oxidation sites excluding steroid dienone is 1. The maximum absolute atomic E-state index is 5.73. The first-order chi connectivity index (χ1) is 9.20. The largest absolute Gasteiger partial charge is 0.487 e. The SMILES string of the molecule is C=C(C)Cn1nnc(CN)c1COc1ccccc1. The predicted molar refractivity (Wildman–Crippen MR) is 73.5 cm³/mol. The molecule has 0 amide bonds. The van der Waals surface area contributed by atoms with Crippen LogP contribution in [0.15, 0.2) is 42.5 Å². The zero-order valence-corrected chi connectivity index (χ0v) is 11.0. The van der Waals surface area contributed by atoms with Crippen LogP contribution in [0.25, 0.3) is 0 Å². The first-order valence-corrected chi connectivity index (χ1v) is 6.14. The third-order valence-electron chi connectivity index (χ3n) is 2.65. The molecule has 5 nitrogen and oxygen atoms in total. The Morgan fingerprint density at radius 3 is 2.74 bits per heavy atom. The second-order valence-corrected chi connectivity index (χ2v) is 4.40. The molecule has 0 unspecified atom stereocenters. The molecule has 100 valence electrons. The summed E-state index contributed by atoms with van der Waals surface area (Å²) in [6, 6.07) is 9.64. The van der Waals surface area contributed by atoms with Crippen molar-refractivity contribution in [3.8, 4) is 5.75 Å². The fourth-order valence-corrected chi connectivity index (χ4v) is 1.74. The summed E-state index contributed by atoms with van der Waals surface area (Å²) in [5, 5.41) is 8.15. The van der Waals surface area contributed by atoms with Crippen molar-refractivity contribution in [3.05, 3.63) is 53.9 Å². The van der Waals surface area contributed by atoms with Crippen LogP contribution in [0.5, 0.6) is 5.75 Å². The molecule has 1 heterocycles. The number of hydrogen-bond acceptors (Lipinski definition) is 4. The van der Waals surface area contributed by atoms with E-state index in [1.807, 2.05) is 37.3 Å². The molecule has 0 aliphatic rings. The maximum Gasteiger partial charge on any atom is 0.132 e. The predicted octanol–water partition coefficient (Wildman–Crippen LogP) is 1.89. The Morgan fingerprint density at radius 1 is 1.37 bits per heavy atom. The van der Waals surface area contributed by atoms with Crippen LogP contribution in [-0.4, -0.2) is 15.0 Å². The number of nitrogens with two attached hydrogens (primary N) is 1. The minimum absolute atomic E-state index is 0.351. The topological polar surface area (TPSA) is 66.0 Å². The highest BCUT2D eigenvalue weighted by Crippen LogP contribution is 2.14. The molecule has 2 rings (SSSR count). The molecule has 0 atom stereocenters. The Hall–Kier alpha value is -2.14. The highest BCUT2D eigenvalue weighted by molar-refractivity contribution is 5.21.